The molecule has 1 aromatic rings. The van der Waals surface area contributed by atoms with Gasteiger partial charge in [0.1, 0.15) is 12.1 Å². The summed E-state index contributed by atoms with van der Waals surface area (Å²) in [5, 5.41) is 13.2. The van der Waals surface area contributed by atoms with Gasteiger partial charge in [-0.15, -0.1) is 17.9 Å². The maximum atomic E-state index is 14.6. The summed E-state index contributed by atoms with van der Waals surface area (Å²) in [6.07, 6.45) is 8.07. The molecule has 13 nitrogen and oxygen atoms in total. The van der Waals surface area contributed by atoms with Gasteiger partial charge in [0.25, 0.3) is 5.91 Å². The third kappa shape index (κ3) is 8.90. The molecule has 52 heavy (non-hydrogen) atoms. The Morgan fingerprint density at radius 2 is 1.75 bits per heavy atom. The fourth-order valence-electron chi connectivity index (χ4n) is 7.99. The number of nitrogens with one attached hydrogen (secondary N) is 4. The summed E-state index contributed by atoms with van der Waals surface area (Å²) in [5.74, 6) is -2.35. The number of fused-ring (bicyclic) bond motifs is 1. The van der Waals surface area contributed by atoms with Crippen molar-refractivity contribution >= 4 is 50.9 Å². The molecular formula is C37H56N6O7S2. The highest BCUT2D eigenvalue weighted by molar-refractivity contribution is 7.89. The average molecular weight is 761 g/mol. The molecule has 0 aromatic carbocycles. The van der Waals surface area contributed by atoms with Crippen molar-refractivity contribution in [2.75, 3.05) is 19.6 Å². The summed E-state index contributed by atoms with van der Waals surface area (Å²) in [5.41, 5.74) is -1.57. The molecule has 1 unspecified atom stereocenters. The maximum absolute atomic E-state index is 14.6. The van der Waals surface area contributed by atoms with Gasteiger partial charge < -0.3 is 26.2 Å². The van der Waals surface area contributed by atoms with Gasteiger partial charge in [-0.1, -0.05) is 72.8 Å². The Hall–Kier alpha value is -3.30. The highest BCUT2D eigenvalue weighted by atomic mass is 32.2. The summed E-state index contributed by atoms with van der Waals surface area (Å²) in [4.78, 5) is 71.1. The molecule has 288 valence electrons. The molecule has 1 saturated heterocycles. The molecule has 2 aliphatic heterocycles. The number of sulfonamides is 1. The number of hydrogen-bond donors (Lipinski definition) is 4. The van der Waals surface area contributed by atoms with Crippen molar-refractivity contribution in [2.24, 2.45) is 23.2 Å². The summed E-state index contributed by atoms with van der Waals surface area (Å²) in [6, 6.07) is -1.88. The number of thiophene rings is 1. The Labute approximate surface area is 312 Å². The lowest BCUT2D eigenvalue weighted by Gasteiger charge is -2.41. The van der Waals surface area contributed by atoms with Crippen LogP contribution < -0.4 is 21.3 Å². The van der Waals surface area contributed by atoms with Crippen LogP contribution in [0.3, 0.4) is 0 Å². The second kappa shape index (κ2) is 16.0. The Morgan fingerprint density at radius 3 is 2.35 bits per heavy atom. The predicted octanol–water partition coefficient (Wildman–Crippen LogP) is 3.70. The number of hydrogen-bond acceptors (Lipinski definition) is 8. The van der Waals surface area contributed by atoms with E-state index in [0.29, 0.717) is 30.6 Å². The third-order valence-electron chi connectivity index (χ3n) is 11.1. The second-order valence-corrected chi connectivity index (χ2v) is 19.4. The van der Waals surface area contributed by atoms with Crippen LogP contribution in [0.4, 0.5) is 4.79 Å². The molecule has 15 heteroatoms. The van der Waals surface area contributed by atoms with Gasteiger partial charge in [-0.3, -0.25) is 19.2 Å². The molecule has 0 radical (unpaired) electrons. The summed E-state index contributed by atoms with van der Waals surface area (Å²) >= 11 is 1.41. The van der Waals surface area contributed by atoms with E-state index in [-0.39, 0.29) is 43.9 Å². The molecule has 0 bridgehead atoms. The molecule has 2 saturated carbocycles. The summed E-state index contributed by atoms with van der Waals surface area (Å²) in [6.45, 7) is 13.9. The van der Waals surface area contributed by atoms with E-state index >= 15 is 0 Å². The highest BCUT2D eigenvalue weighted by Crippen LogP contribution is 2.39. The number of amides is 5. The Bertz CT molecular complexity index is 1640. The molecule has 4 aliphatic rings. The smallest absolute Gasteiger partial charge is 0.315 e. The van der Waals surface area contributed by atoms with E-state index in [0.717, 1.165) is 37.0 Å². The molecule has 5 amide bonds. The quantitative estimate of drug-likeness (QED) is 0.165. The van der Waals surface area contributed by atoms with Crippen molar-refractivity contribution in [2.45, 2.75) is 128 Å². The second-order valence-electron chi connectivity index (χ2n) is 16.5. The van der Waals surface area contributed by atoms with Gasteiger partial charge in [0, 0.05) is 31.1 Å². The van der Waals surface area contributed by atoms with Crippen LogP contribution in [-0.4, -0.2) is 90.5 Å². The number of likely N-dealkylation sites (tertiary alicyclic amines) is 1. The Kier molecular flexibility index (Phi) is 12.3. The van der Waals surface area contributed by atoms with Gasteiger partial charge in [0.2, 0.25) is 27.6 Å². The number of nitrogens with zero attached hydrogens (tertiary/aromatic N) is 2. The molecule has 5 rings (SSSR count). The average Bonchev–Trinajstić information content (AvgIpc) is 3.47. The zero-order valence-electron chi connectivity index (χ0n) is 31.2. The van der Waals surface area contributed by atoms with E-state index in [4.69, 9.17) is 0 Å². The van der Waals surface area contributed by atoms with Crippen molar-refractivity contribution in [1.82, 2.24) is 30.5 Å². The molecule has 3 heterocycles. The monoisotopic (exact) mass is 760 g/mol. The Morgan fingerprint density at radius 1 is 1.06 bits per heavy atom. The van der Waals surface area contributed by atoms with Gasteiger partial charge in [-0.05, 0) is 60.3 Å². The van der Waals surface area contributed by atoms with Crippen LogP contribution in [0.25, 0.3) is 0 Å². The number of carbonyl (C=O) groups is 5. The predicted molar refractivity (Wildman–Crippen MR) is 199 cm³/mol. The van der Waals surface area contributed by atoms with Crippen LogP contribution in [0.2, 0.25) is 0 Å². The van der Waals surface area contributed by atoms with E-state index in [1.165, 1.54) is 26.6 Å². The van der Waals surface area contributed by atoms with Crippen LogP contribution >= 0.6 is 11.3 Å². The van der Waals surface area contributed by atoms with E-state index in [1.807, 2.05) is 34.6 Å². The van der Waals surface area contributed by atoms with Crippen molar-refractivity contribution < 1.29 is 32.4 Å². The lowest BCUT2D eigenvalue weighted by atomic mass is 9.81. The summed E-state index contributed by atoms with van der Waals surface area (Å²) < 4.78 is 28.2. The van der Waals surface area contributed by atoms with Crippen molar-refractivity contribution in [1.29, 1.82) is 0 Å². The number of urea groups is 1. The molecule has 4 N–H and O–H groups in total. The van der Waals surface area contributed by atoms with E-state index in [1.54, 1.807) is 11.4 Å². The largest absolute Gasteiger partial charge is 0.346 e. The minimum Gasteiger partial charge on any atom is -0.346 e. The van der Waals surface area contributed by atoms with Gasteiger partial charge in [-0.25, -0.2) is 13.2 Å². The fraction of sp³-hybridized carbons (Fsp3) is 0.703. The SMILES string of the molecule is C=CCNC(=O)C(=O)C(CC1CC1)NC(=O)[C@@H]1[C@@H](C(C)C)CCN1C(=O)[C@@H](NC(=O)NC1(CN2Cc3sccc3S2(=O)=O)CCCCC1)C(C)(C)C. The first-order chi connectivity index (χ1) is 24.5. The molecule has 0 spiro atoms. The molecule has 3 fully saturated rings. The number of carbonyl (C=O) groups excluding carboxylic acids is 5. The minimum absolute atomic E-state index is 0.0316. The lowest BCUT2D eigenvalue weighted by molar-refractivity contribution is -0.144. The zero-order chi connectivity index (χ0) is 38.0. The van der Waals surface area contributed by atoms with Crippen LogP contribution in [0.5, 0.6) is 0 Å². The van der Waals surface area contributed by atoms with E-state index in [9.17, 15) is 32.4 Å². The molecule has 2 aliphatic carbocycles. The number of ketones is 1. The van der Waals surface area contributed by atoms with Crippen LogP contribution in [-0.2, 0) is 35.7 Å². The van der Waals surface area contributed by atoms with E-state index in [2.05, 4.69) is 27.8 Å². The number of Topliss-reactive ketones (excluding diaryl/α,β-unsaturated/α-hetero) is 1. The first-order valence-electron chi connectivity index (χ1n) is 18.7. The highest BCUT2D eigenvalue weighted by Gasteiger charge is 2.49. The topological polar surface area (TPSA) is 174 Å². The summed E-state index contributed by atoms with van der Waals surface area (Å²) in [7, 11) is -3.67. The first-order valence-corrected chi connectivity index (χ1v) is 21.0. The molecule has 1 aromatic heterocycles. The first kappa shape index (κ1) is 39.9. The van der Waals surface area contributed by atoms with Gasteiger partial charge in [0.05, 0.1) is 16.5 Å². The maximum Gasteiger partial charge on any atom is 0.315 e. The number of rotatable bonds is 14. The lowest BCUT2D eigenvalue weighted by Crippen LogP contribution is -2.64. The zero-order valence-corrected chi connectivity index (χ0v) is 32.8. The fourth-order valence-corrected chi connectivity index (χ4v) is 11.0. The van der Waals surface area contributed by atoms with Gasteiger partial charge in [0.15, 0.2) is 0 Å². The van der Waals surface area contributed by atoms with Crippen LogP contribution in [0.15, 0.2) is 29.0 Å². The van der Waals surface area contributed by atoms with Gasteiger partial charge >= 0.3 is 6.03 Å². The van der Waals surface area contributed by atoms with E-state index < -0.39 is 68.6 Å². The van der Waals surface area contributed by atoms with Crippen LogP contribution in [0, 0.1) is 23.2 Å². The Balaban J connectivity index is 1.33. The molecule has 4 atom stereocenters. The van der Waals surface area contributed by atoms with Gasteiger partial charge in [-0.2, -0.15) is 4.31 Å². The third-order valence-corrected chi connectivity index (χ3v) is 14.0. The normalized spacial score (nSPS) is 23.7. The minimum atomic E-state index is -3.67. The van der Waals surface area contributed by atoms with Crippen molar-refractivity contribution in [3.8, 4) is 0 Å². The van der Waals surface area contributed by atoms with Crippen molar-refractivity contribution in [3.05, 3.63) is 29.0 Å². The standard InChI is InChI=1S/C37H56N6O7S2/c1-7-17-38-33(46)30(44)26(20-24-11-12-24)39-32(45)29-25(23(2)3)13-18-43(29)34(47)31(36(4,5)6)40-35(48)41-37(15-9-8-10-16-37)22-42-21-27-28(14-19-51-27)52(42,49)50/h7,14,19,23-26,29,31H,1,8-13,15-18,20-22H2,2-6H3,(H,38,46)(H,39,45)(H2,40,41,48)/t25-,26?,29+,31-/m1/s1. The van der Waals surface area contributed by atoms with Crippen molar-refractivity contribution in [3.63, 3.8) is 0 Å². The molecular weight excluding hydrogens is 705 g/mol. The van der Waals surface area contributed by atoms with Crippen LogP contribution in [0.1, 0.15) is 97.3 Å².